The molecule has 0 radical (unpaired) electrons. The molecule has 1 aliphatic rings. The maximum atomic E-state index is 9.54. The third-order valence-electron chi connectivity index (χ3n) is 3.80. The number of nitrogens with zero attached hydrogens (tertiary/aromatic N) is 2. The summed E-state index contributed by atoms with van der Waals surface area (Å²) in [6.45, 7) is 0.225. The normalized spacial score (nSPS) is 12.9. The van der Waals surface area contributed by atoms with E-state index in [4.69, 9.17) is 32.7 Å². The molecule has 0 amide bonds. The number of thiazole rings is 1. The zero-order valence-electron chi connectivity index (χ0n) is 13.2. The number of fused-ring (bicyclic) bond motifs is 1. The highest BCUT2D eigenvalue weighted by atomic mass is 35.5. The van der Waals surface area contributed by atoms with Gasteiger partial charge < -0.3 is 9.47 Å². The summed E-state index contributed by atoms with van der Waals surface area (Å²) < 4.78 is 10.7. The quantitative estimate of drug-likeness (QED) is 0.512. The number of hydrogen-bond acceptors (Lipinski definition) is 5. The Hall–Kier alpha value is -2.52. The minimum atomic E-state index is 0.225. The van der Waals surface area contributed by atoms with E-state index in [1.165, 1.54) is 11.3 Å². The van der Waals surface area contributed by atoms with Gasteiger partial charge in [-0.1, -0.05) is 35.3 Å². The first-order valence-corrected chi connectivity index (χ1v) is 9.21. The maximum Gasteiger partial charge on any atom is 0.231 e. The number of rotatable bonds is 3. The van der Waals surface area contributed by atoms with Gasteiger partial charge >= 0.3 is 0 Å². The van der Waals surface area contributed by atoms with Gasteiger partial charge in [0.15, 0.2) is 11.5 Å². The van der Waals surface area contributed by atoms with E-state index in [0.29, 0.717) is 31.9 Å². The summed E-state index contributed by atoms with van der Waals surface area (Å²) in [6, 6.07) is 13.1. The molecule has 1 aliphatic heterocycles. The van der Waals surface area contributed by atoms with Crippen LogP contribution in [0.2, 0.25) is 10.0 Å². The van der Waals surface area contributed by atoms with Gasteiger partial charge in [0.2, 0.25) is 6.79 Å². The zero-order chi connectivity index (χ0) is 18.1. The first-order valence-electron chi connectivity index (χ1n) is 7.57. The van der Waals surface area contributed by atoms with E-state index in [9.17, 15) is 5.26 Å². The molecule has 1 aromatic heterocycles. The SMILES string of the molecule is N#CC(=Cc1cccc(Cl)c1Cl)c1nc(-c2ccc3c(c2)OCO3)cs1. The standard InChI is InChI=1S/C19H10Cl2N2O2S/c20-14-3-1-2-12(18(14)21)6-13(8-22)19-23-15(9-26-19)11-4-5-16-17(7-11)25-10-24-16/h1-7,9H,10H2. The Balaban J connectivity index is 1.69. The van der Waals surface area contributed by atoms with Gasteiger partial charge in [0.25, 0.3) is 0 Å². The van der Waals surface area contributed by atoms with Crippen molar-refractivity contribution in [3.63, 3.8) is 0 Å². The molecule has 0 aliphatic carbocycles. The van der Waals surface area contributed by atoms with Crippen LogP contribution in [0.25, 0.3) is 22.9 Å². The summed E-state index contributed by atoms with van der Waals surface area (Å²) in [4.78, 5) is 4.58. The number of nitriles is 1. The van der Waals surface area contributed by atoms with E-state index >= 15 is 0 Å². The lowest BCUT2D eigenvalue weighted by atomic mass is 10.1. The van der Waals surface area contributed by atoms with Gasteiger partial charge in [-0.3, -0.25) is 0 Å². The van der Waals surface area contributed by atoms with Crippen molar-refractivity contribution in [1.82, 2.24) is 4.98 Å². The molecule has 4 rings (SSSR count). The number of halogens is 2. The molecular weight excluding hydrogens is 391 g/mol. The number of hydrogen-bond donors (Lipinski definition) is 0. The molecule has 0 spiro atoms. The summed E-state index contributed by atoms with van der Waals surface area (Å²) in [5, 5.41) is 12.9. The monoisotopic (exact) mass is 400 g/mol. The molecule has 0 saturated carbocycles. The molecule has 128 valence electrons. The highest BCUT2D eigenvalue weighted by Gasteiger charge is 2.16. The van der Waals surface area contributed by atoms with Crippen molar-refractivity contribution in [2.24, 2.45) is 0 Å². The van der Waals surface area contributed by atoms with Crippen LogP contribution >= 0.6 is 34.5 Å². The second-order valence-corrected chi connectivity index (χ2v) is 7.06. The number of ether oxygens (including phenoxy) is 2. The average molecular weight is 401 g/mol. The van der Waals surface area contributed by atoms with Crippen molar-refractivity contribution in [2.45, 2.75) is 0 Å². The highest BCUT2D eigenvalue weighted by Crippen LogP contribution is 2.37. The molecule has 0 bridgehead atoms. The molecular formula is C19H10Cl2N2O2S. The fourth-order valence-electron chi connectivity index (χ4n) is 2.52. The van der Waals surface area contributed by atoms with E-state index < -0.39 is 0 Å². The molecule has 3 aromatic rings. The molecule has 26 heavy (non-hydrogen) atoms. The van der Waals surface area contributed by atoms with Crippen LogP contribution in [-0.2, 0) is 0 Å². The molecule has 2 aromatic carbocycles. The number of benzene rings is 2. The van der Waals surface area contributed by atoms with E-state index in [-0.39, 0.29) is 6.79 Å². The Labute approximate surface area is 163 Å². The lowest BCUT2D eigenvalue weighted by Gasteiger charge is -2.01. The Morgan fingerprint density at radius 2 is 2.04 bits per heavy atom. The molecule has 0 unspecified atom stereocenters. The van der Waals surface area contributed by atoms with Gasteiger partial charge in [-0.25, -0.2) is 4.98 Å². The second-order valence-electron chi connectivity index (χ2n) is 5.42. The van der Waals surface area contributed by atoms with Crippen LogP contribution in [0.4, 0.5) is 0 Å². The predicted octanol–water partition coefficient (Wildman–Crippen LogP) is 5.91. The molecule has 7 heteroatoms. The number of allylic oxidation sites excluding steroid dienone is 1. The fraction of sp³-hybridized carbons (Fsp3) is 0.0526. The van der Waals surface area contributed by atoms with Crippen LogP contribution in [-0.4, -0.2) is 11.8 Å². The van der Waals surface area contributed by atoms with Crippen molar-refractivity contribution in [2.75, 3.05) is 6.79 Å². The van der Waals surface area contributed by atoms with Crippen LogP contribution in [0.1, 0.15) is 10.6 Å². The zero-order valence-corrected chi connectivity index (χ0v) is 15.5. The first-order chi connectivity index (χ1) is 12.7. The first kappa shape index (κ1) is 16.9. The summed E-state index contributed by atoms with van der Waals surface area (Å²) in [5.74, 6) is 1.41. The lowest BCUT2D eigenvalue weighted by Crippen LogP contribution is -1.92. The van der Waals surface area contributed by atoms with Crippen LogP contribution in [0.15, 0.2) is 41.8 Å². The van der Waals surface area contributed by atoms with E-state index in [1.54, 1.807) is 24.3 Å². The molecule has 0 atom stereocenters. The van der Waals surface area contributed by atoms with Crippen molar-refractivity contribution in [3.05, 3.63) is 62.4 Å². The molecule has 2 heterocycles. The maximum absolute atomic E-state index is 9.54. The van der Waals surface area contributed by atoms with Crippen LogP contribution in [0.5, 0.6) is 11.5 Å². The smallest absolute Gasteiger partial charge is 0.231 e. The third kappa shape index (κ3) is 3.15. The molecule has 0 saturated heterocycles. The topological polar surface area (TPSA) is 55.1 Å². The van der Waals surface area contributed by atoms with Crippen LogP contribution in [0, 0.1) is 11.3 Å². The fourth-order valence-corrected chi connectivity index (χ4v) is 3.67. The van der Waals surface area contributed by atoms with E-state index in [1.807, 2.05) is 23.6 Å². The molecule has 0 fully saturated rings. The van der Waals surface area contributed by atoms with Gasteiger partial charge in [-0.15, -0.1) is 11.3 Å². The number of aromatic nitrogens is 1. The van der Waals surface area contributed by atoms with E-state index in [0.717, 1.165) is 17.0 Å². The summed E-state index contributed by atoms with van der Waals surface area (Å²) >= 11 is 13.6. The largest absolute Gasteiger partial charge is 0.454 e. The van der Waals surface area contributed by atoms with Crippen LogP contribution < -0.4 is 9.47 Å². The van der Waals surface area contributed by atoms with Crippen LogP contribution in [0.3, 0.4) is 0 Å². The highest BCUT2D eigenvalue weighted by molar-refractivity contribution is 7.11. The van der Waals surface area contributed by atoms with E-state index in [2.05, 4.69) is 11.1 Å². The third-order valence-corrected chi connectivity index (χ3v) is 5.51. The Morgan fingerprint density at radius 1 is 1.19 bits per heavy atom. The predicted molar refractivity (Wildman–Crippen MR) is 104 cm³/mol. The molecule has 0 N–H and O–H groups in total. The van der Waals surface area contributed by atoms with Gasteiger partial charge in [0.05, 0.1) is 21.3 Å². The van der Waals surface area contributed by atoms with Crippen molar-refractivity contribution >= 4 is 46.2 Å². The minimum absolute atomic E-state index is 0.225. The summed E-state index contributed by atoms with van der Waals surface area (Å²) in [6.07, 6.45) is 1.69. The van der Waals surface area contributed by atoms with Gasteiger partial charge in [0, 0.05) is 10.9 Å². The molecule has 4 nitrogen and oxygen atoms in total. The van der Waals surface area contributed by atoms with Crippen molar-refractivity contribution < 1.29 is 9.47 Å². The van der Waals surface area contributed by atoms with Gasteiger partial charge in [-0.05, 0) is 35.9 Å². The minimum Gasteiger partial charge on any atom is -0.454 e. The van der Waals surface area contributed by atoms with Gasteiger partial charge in [0.1, 0.15) is 11.1 Å². The Bertz CT molecular complexity index is 1070. The Kier molecular flexibility index (Phi) is 4.56. The summed E-state index contributed by atoms with van der Waals surface area (Å²) in [5.41, 5.74) is 2.76. The summed E-state index contributed by atoms with van der Waals surface area (Å²) in [7, 11) is 0. The van der Waals surface area contributed by atoms with Gasteiger partial charge in [-0.2, -0.15) is 5.26 Å². The lowest BCUT2D eigenvalue weighted by molar-refractivity contribution is 0.174. The van der Waals surface area contributed by atoms with Crippen molar-refractivity contribution in [3.8, 4) is 28.8 Å². The Morgan fingerprint density at radius 3 is 2.88 bits per heavy atom. The second kappa shape index (κ2) is 7.00. The van der Waals surface area contributed by atoms with Crippen molar-refractivity contribution in [1.29, 1.82) is 5.26 Å². The average Bonchev–Trinajstić information content (AvgIpc) is 3.31.